The summed E-state index contributed by atoms with van der Waals surface area (Å²) >= 11 is 2.43. The van der Waals surface area contributed by atoms with Gasteiger partial charge < -0.3 is 5.32 Å². The third-order valence-electron chi connectivity index (χ3n) is 2.74. The minimum Gasteiger partial charge on any atom is -0.308 e. The molecule has 3 N–H and O–H groups in total. The normalized spacial score (nSPS) is 10.2. The van der Waals surface area contributed by atoms with Crippen LogP contribution in [0.25, 0.3) is 0 Å². The molecular weight excluding hydrogens is 348 g/mol. The van der Waals surface area contributed by atoms with Crippen molar-refractivity contribution in [1.29, 1.82) is 0 Å². The van der Waals surface area contributed by atoms with E-state index in [4.69, 9.17) is 0 Å². The second-order valence-electron chi connectivity index (χ2n) is 4.56. The highest BCUT2D eigenvalue weighted by Crippen LogP contribution is 2.19. The molecule has 0 spiro atoms. The largest absolute Gasteiger partial charge is 0.325 e. The van der Waals surface area contributed by atoms with Gasteiger partial charge in [-0.1, -0.05) is 29.5 Å². The number of benzene rings is 1. The number of anilines is 3. The average Bonchev–Trinajstić information content (AvgIpc) is 3.17. The third-order valence-corrected chi connectivity index (χ3v) is 4.25. The van der Waals surface area contributed by atoms with Crippen LogP contribution in [0.4, 0.5) is 20.7 Å². The number of aryl methyl sites for hydroxylation is 1. The van der Waals surface area contributed by atoms with Crippen molar-refractivity contribution < 1.29 is 9.59 Å². The zero-order valence-electron chi connectivity index (χ0n) is 12.4. The highest BCUT2D eigenvalue weighted by atomic mass is 32.1. The predicted octanol–water partition coefficient (Wildman–Crippen LogP) is 3.20. The van der Waals surface area contributed by atoms with E-state index in [0.717, 1.165) is 16.3 Å². The molecule has 2 aromatic heterocycles. The van der Waals surface area contributed by atoms with Gasteiger partial charge in [0.15, 0.2) is 5.13 Å². The number of carbonyl (C=O) groups is 2. The van der Waals surface area contributed by atoms with Crippen LogP contribution in [0, 0.1) is 6.92 Å². The molecule has 0 saturated heterocycles. The van der Waals surface area contributed by atoms with Gasteiger partial charge in [-0.3, -0.25) is 15.4 Å². The molecule has 0 fully saturated rings. The molecule has 0 unspecified atom stereocenters. The molecule has 0 aliphatic heterocycles. The number of urea groups is 1. The summed E-state index contributed by atoms with van der Waals surface area (Å²) in [4.78, 5) is 28.0. The second kappa shape index (κ2) is 7.15. The first kappa shape index (κ1) is 16.0. The van der Waals surface area contributed by atoms with Crippen molar-refractivity contribution in [3.63, 3.8) is 0 Å². The van der Waals surface area contributed by atoms with Crippen LogP contribution < -0.4 is 16.0 Å². The van der Waals surface area contributed by atoms with Crippen molar-refractivity contribution in [2.24, 2.45) is 0 Å². The Kier molecular flexibility index (Phi) is 4.77. The molecule has 3 rings (SSSR count). The predicted molar refractivity (Wildman–Crippen MR) is 93.8 cm³/mol. The maximum absolute atomic E-state index is 12.1. The lowest BCUT2D eigenvalue weighted by Crippen LogP contribution is -2.19. The fraction of sp³-hybridized carbons (Fsp3) is 0.0714. The minimum atomic E-state index is -0.428. The summed E-state index contributed by atoms with van der Waals surface area (Å²) in [6.45, 7) is 1.80. The third kappa shape index (κ3) is 4.12. The Morgan fingerprint density at radius 3 is 2.50 bits per heavy atom. The van der Waals surface area contributed by atoms with Gasteiger partial charge >= 0.3 is 6.03 Å². The fourth-order valence-electron chi connectivity index (χ4n) is 1.72. The Morgan fingerprint density at radius 1 is 1.00 bits per heavy atom. The zero-order valence-corrected chi connectivity index (χ0v) is 14.1. The summed E-state index contributed by atoms with van der Waals surface area (Å²) in [5.41, 5.74) is 0.860. The van der Waals surface area contributed by atoms with E-state index in [1.165, 1.54) is 11.3 Å². The zero-order chi connectivity index (χ0) is 16.9. The number of hydrogen-bond donors (Lipinski definition) is 3. The molecule has 0 aliphatic carbocycles. The van der Waals surface area contributed by atoms with Gasteiger partial charge in [0.2, 0.25) is 5.13 Å². The van der Waals surface area contributed by atoms with E-state index in [1.54, 1.807) is 24.4 Å². The van der Waals surface area contributed by atoms with Crippen LogP contribution in [-0.4, -0.2) is 27.1 Å². The lowest BCUT2D eigenvalue weighted by Gasteiger charge is -2.04. The van der Waals surface area contributed by atoms with Gasteiger partial charge in [-0.05, 0) is 19.1 Å². The molecule has 8 nitrogen and oxygen atoms in total. The number of nitrogens with zero attached hydrogens (tertiary/aromatic N) is 3. The van der Waals surface area contributed by atoms with Gasteiger partial charge in [0.25, 0.3) is 5.91 Å². The number of thiazole rings is 1. The molecule has 0 saturated carbocycles. The molecule has 0 bridgehead atoms. The molecule has 2 heterocycles. The van der Waals surface area contributed by atoms with E-state index in [2.05, 4.69) is 31.1 Å². The smallest absolute Gasteiger partial charge is 0.308 e. The number of para-hydroxylation sites is 1. The van der Waals surface area contributed by atoms with Crippen LogP contribution in [0.1, 0.15) is 15.5 Å². The van der Waals surface area contributed by atoms with Gasteiger partial charge in [-0.25, -0.2) is 9.78 Å². The Bertz CT molecular complexity index is 861. The summed E-state index contributed by atoms with van der Waals surface area (Å²) in [5, 5.41) is 18.5. The summed E-state index contributed by atoms with van der Waals surface area (Å²) in [6, 6.07) is 8.60. The van der Waals surface area contributed by atoms with Crippen molar-refractivity contribution in [3.05, 3.63) is 46.4 Å². The van der Waals surface area contributed by atoms with Crippen molar-refractivity contribution in [2.45, 2.75) is 6.92 Å². The van der Waals surface area contributed by atoms with Crippen LogP contribution in [-0.2, 0) is 0 Å². The molecule has 3 amide bonds. The van der Waals surface area contributed by atoms with E-state index in [0.29, 0.717) is 16.0 Å². The van der Waals surface area contributed by atoms with Crippen molar-refractivity contribution in [1.82, 2.24) is 15.2 Å². The first-order valence-corrected chi connectivity index (χ1v) is 8.50. The maximum Gasteiger partial charge on any atom is 0.325 e. The second-order valence-corrected chi connectivity index (χ2v) is 6.60. The minimum absolute atomic E-state index is 0.197. The molecule has 1 aromatic carbocycles. The van der Waals surface area contributed by atoms with Crippen LogP contribution >= 0.6 is 22.7 Å². The SMILES string of the molecule is Cc1nnc(NC(=O)c2csc(NC(=O)Nc3ccccc3)n2)s1. The van der Waals surface area contributed by atoms with Crippen molar-refractivity contribution >= 4 is 50.6 Å². The lowest BCUT2D eigenvalue weighted by atomic mass is 10.3. The summed E-state index contributed by atoms with van der Waals surface area (Å²) < 4.78 is 0. The summed E-state index contributed by atoms with van der Waals surface area (Å²) in [6.07, 6.45) is 0. The van der Waals surface area contributed by atoms with Gasteiger partial charge in [0.05, 0.1) is 0 Å². The van der Waals surface area contributed by atoms with Crippen molar-refractivity contribution in [2.75, 3.05) is 16.0 Å². The summed E-state index contributed by atoms with van der Waals surface area (Å²) in [7, 11) is 0. The van der Waals surface area contributed by atoms with Crippen LogP contribution in [0.3, 0.4) is 0 Å². The van der Waals surface area contributed by atoms with E-state index < -0.39 is 11.9 Å². The Morgan fingerprint density at radius 2 is 1.79 bits per heavy atom. The number of hydrogen-bond acceptors (Lipinski definition) is 7. The summed E-state index contributed by atoms with van der Waals surface area (Å²) in [5.74, 6) is -0.404. The molecule has 0 aliphatic rings. The van der Waals surface area contributed by atoms with E-state index in [9.17, 15) is 9.59 Å². The van der Waals surface area contributed by atoms with E-state index in [1.807, 2.05) is 18.2 Å². The molecular formula is C14H12N6O2S2. The van der Waals surface area contributed by atoms with Gasteiger partial charge in [-0.2, -0.15) is 0 Å². The highest BCUT2D eigenvalue weighted by molar-refractivity contribution is 7.15. The monoisotopic (exact) mass is 360 g/mol. The maximum atomic E-state index is 12.1. The molecule has 122 valence electrons. The fourth-order valence-corrected chi connectivity index (χ4v) is 3.00. The number of aromatic nitrogens is 3. The van der Waals surface area contributed by atoms with E-state index >= 15 is 0 Å². The number of nitrogens with one attached hydrogen (secondary N) is 3. The number of amides is 3. The van der Waals surface area contributed by atoms with Gasteiger partial charge in [0, 0.05) is 11.1 Å². The Balaban J connectivity index is 1.58. The molecule has 0 radical (unpaired) electrons. The molecule has 10 heteroatoms. The lowest BCUT2D eigenvalue weighted by molar-refractivity contribution is 0.102. The standard InChI is InChI=1S/C14H12N6O2S2/c1-8-19-20-14(24-8)17-11(21)10-7-23-13(16-10)18-12(22)15-9-5-3-2-4-6-9/h2-7H,1H3,(H,17,20,21)(H2,15,16,18,22). The van der Waals surface area contributed by atoms with Crippen LogP contribution in [0.15, 0.2) is 35.7 Å². The Labute approximate surface area is 145 Å². The molecule has 0 atom stereocenters. The van der Waals surface area contributed by atoms with Gasteiger partial charge in [0.1, 0.15) is 10.7 Å². The Hall–Kier alpha value is -2.85. The number of rotatable bonds is 4. The molecule has 3 aromatic rings. The topological polar surface area (TPSA) is 109 Å². The molecule has 24 heavy (non-hydrogen) atoms. The number of carbonyl (C=O) groups excluding carboxylic acids is 2. The quantitative estimate of drug-likeness (QED) is 0.662. The average molecular weight is 360 g/mol. The van der Waals surface area contributed by atoms with Crippen LogP contribution in [0.2, 0.25) is 0 Å². The first-order valence-electron chi connectivity index (χ1n) is 6.80. The van der Waals surface area contributed by atoms with Gasteiger partial charge in [-0.15, -0.1) is 21.5 Å². The van der Waals surface area contributed by atoms with Crippen LogP contribution in [0.5, 0.6) is 0 Å². The highest BCUT2D eigenvalue weighted by Gasteiger charge is 2.14. The first-order chi connectivity index (χ1) is 11.6. The van der Waals surface area contributed by atoms with Crippen molar-refractivity contribution in [3.8, 4) is 0 Å². The van der Waals surface area contributed by atoms with E-state index in [-0.39, 0.29) is 5.69 Å².